The molecule has 2 aromatic heterocycles. The van der Waals surface area contributed by atoms with Crippen LogP contribution in [0, 0.1) is 0 Å². The first-order chi connectivity index (χ1) is 18.4. The van der Waals surface area contributed by atoms with Gasteiger partial charge in [-0.15, -0.1) is 11.3 Å². The molecule has 5 rings (SSSR count). The van der Waals surface area contributed by atoms with Crippen molar-refractivity contribution in [1.82, 2.24) is 15.2 Å². The molecule has 8 nitrogen and oxygen atoms in total. The van der Waals surface area contributed by atoms with Crippen molar-refractivity contribution in [2.75, 3.05) is 43.9 Å². The van der Waals surface area contributed by atoms with E-state index in [2.05, 4.69) is 34.4 Å². The fraction of sp³-hybridized carbons (Fsp3) is 0.276. The monoisotopic (exact) mass is 529 g/mol. The number of ether oxygens (including phenoxy) is 1. The second-order valence-corrected chi connectivity index (χ2v) is 10.5. The van der Waals surface area contributed by atoms with Gasteiger partial charge < -0.3 is 25.6 Å². The van der Waals surface area contributed by atoms with E-state index in [4.69, 9.17) is 9.72 Å². The highest BCUT2D eigenvalue weighted by molar-refractivity contribution is 7.21. The van der Waals surface area contributed by atoms with Gasteiger partial charge in [0.2, 0.25) is 5.91 Å². The van der Waals surface area contributed by atoms with Crippen molar-refractivity contribution < 1.29 is 14.3 Å². The molecule has 1 atom stereocenters. The smallest absolute Gasteiger partial charge is 0.263 e. The van der Waals surface area contributed by atoms with Gasteiger partial charge in [-0.2, -0.15) is 0 Å². The molecule has 0 saturated carbocycles. The highest BCUT2D eigenvalue weighted by Crippen LogP contribution is 2.41. The van der Waals surface area contributed by atoms with Gasteiger partial charge in [-0.1, -0.05) is 13.5 Å². The van der Waals surface area contributed by atoms with Crippen LogP contribution in [0.25, 0.3) is 32.2 Å². The number of aromatic nitrogens is 1. The maximum absolute atomic E-state index is 12.7. The van der Waals surface area contributed by atoms with Gasteiger partial charge in [0.1, 0.15) is 17.2 Å². The molecule has 0 bridgehead atoms. The Morgan fingerprint density at radius 2 is 2.13 bits per heavy atom. The fourth-order valence-electron chi connectivity index (χ4n) is 4.45. The number of carbonyl (C=O) groups is 2. The molecular formula is C29H31N5O3S. The molecule has 0 unspecified atom stereocenters. The van der Waals surface area contributed by atoms with Gasteiger partial charge in [-0.25, -0.2) is 4.98 Å². The Morgan fingerprint density at radius 1 is 1.29 bits per heavy atom. The summed E-state index contributed by atoms with van der Waals surface area (Å²) in [5.41, 5.74) is 3.88. The van der Waals surface area contributed by atoms with E-state index >= 15 is 0 Å². The molecule has 0 fully saturated rings. The maximum atomic E-state index is 12.7. The topological polar surface area (TPSA) is 95.6 Å². The van der Waals surface area contributed by atoms with Crippen LogP contribution < -0.4 is 20.7 Å². The van der Waals surface area contributed by atoms with Gasteiger partial charge in [0.05, 0.1) is 22.6 Å². The van der Waals surface area contributed by atoms with Crippen LogP contribution >= 0.6 is 11.3 Å². The van der Waals surface area contributed by atoms with Crippen molar-refractivity contribution >= 4 is 55.5 Å². The molecule has 0 spiro atoms. The molecule has 0 saturated heterocycles. The standard InChI is InChI=1S/C29H31N5O3S/c1-5-25(35)33-22-15-18(7-11-23(22)37-14-13-34(4)6-2)20-9-8-19-21(32-20)10-12-24-26(19)27-28(38-24)29(36)31-17(3)16-30-27/h5,7-12,15,17,30H,1,6,13-14,16H2,2-4H3,(H,31,36)(H,33,35)/t17-/m1/s1. The van der Waals surface area contributed by atoms with Crippen molar-refractivity contribution in [3.05, 3.63) is 60.0 Å². The summed E-state index contributed by atoms with van der Waals surface area (Å²) < 4.78 is 7.03. The summed E-state index contributed by atoms with van der Waals surface area (Å²) in [5, 5.41) is 11.4. The van der Waals surface area contributed by atoms with Crippen molar-refractivity contribution in [3.63, 3.8) is 0 Å². The summed E-state index contributed by atoms with van der Waals surface area (Å²) in [5.74, 6) is 0.236. The number of hydrogen-bond acceptors (Lipinski definition) is 7. The number of thiophene rings is 1. The lowest BCUT2D eigenvalue weighted by atomic mass is 10.1. The van der Waals surface area contributed by atoms with Crippen LogP contribution in [0.1, 0.15) is 23.5 Å². The van der Waals surface area contributed by atoms with E-state index in [1.165, 1.54) is 17.4 Å². The summed E-state index contributed by atoms with van der Waals surface area (Å²) in [6.45, 7) is 10.5. The largest absolute Gasteiger partial charge is 0.490 e. The van der Waals surface area contributed by atoms with Crippen molar-refractivity contribution in [2.24, 2.45) is 0 Å². The van der Waals surface area contributed by atoms with E-state index in [0.717, 1.165) is 51.0 Å². The number of carbonyl (C=O) groups excluding carboxylic acids is 2. The minimum absolute atomic E-state index is 0.0471. The van der Waals surface area contributed by atoms with E-state index in [0.29, 0.717) is 29.5 Å². The zero-order valence-corrected chi connectivity index (χ0v) is 22.6. The molecule has 2 amide bonds. The predicted octanol–water partition coefficient (Wildman–Crippen LogP) is 5.12. The lowest BCUT2D eigenvalue weighted by Crippen LogP contribution is -2.34. The lowest BCUT2D eigenvalue weighted by molar-refractivity contribution is -0.111. The van der Waals surface area contributed by atoms with E-state index in [1.807, 2.05) is 56.4 Å². The van der Waals surface area contributed by atoms with Crippen molar-refractivity contribution in [1.29, 1.82) is 0 Å². The van der Waals surface area contributed by atoms with Crippen LogP contribution in [-0.4, -0.2) is 61.0 Å². The Kier molecular flexibility index (Phi) is 7.31. The summed E-state index contributed by atoms with van der Waals surface area (Å²) in [6, 6.07) is 13.7. The SMILES string of the molecule is C=CC(=O)Nc1cc(-c2ccc3c(ccc4sc5c(c43)NC[C@@H](C)NC5=O)n2)ccc1OCCN(C)CC. The number of nitrogens with one attached hydrogen (secondary N) is 3. The van der Waals surface area contributed by atoms with Crippen LogP contribution in [0.5, 0.6) is 5.75 Å². The molecule has 1 aliphatic heterocycles. The summed E-state index contributed by atoms with van der Waals surface area (Å²) in [6.07, 6.45) is 1.24. The fourth-order valence-corrected chi connectivity index (χ4v) is 5.55. The molecule has 0 aliphatic carbocycles. The Bertz CT molecular complexity index is 1550. The third-order valence-electron chi connectivity index (χ3n) is 6.68. The normalized spacial score (nSPS) is 15.1. The van der Waals surface area contributed by atoms with Crippen LogP contribution in [0.2, 0.25) is 0 Å². The average Bonchev–Trinajstić information content (AvgIpc) is 3.24. The van der Waals surface area contributed by atoms with Gasteiger partial charge in [0.15, 0.2) is 0 Å². The van der Waals surface area contributed by atoms with Crippen LogP contribution in [-0.2, 0) is 4.79 Å². The Balaban J connectivity index is 1.52. The molecule has 196 valence electrons. The molecule has 0 radical (unpaired) electrons. The van der Waals surface area contributed by atoms with Crippen LogP contribution in [0.4, 0.5) is 11.4 Å². The van der Waals surface area contributed by atoms with Crippen molar-refractivity contribution in [2.45, 2.75) is 19.9 Å². The number of pyridine rings is 1. The maximum Gasteiger partial charge on any atom is 0.263 e. The first kappa shape index (κ1) is 25.7. The third kappa shape index (κ3) is 5.07. The Hall–Kier alpha value is -3.95. The number of fused-ring (bicyclic) bond motifs is 5. The van der Waals surface area contributed by atoms with E-state index in [9.17, 15) is 9.59 Å². The number of amides is 2. The molecule has 38 heavy (non-hydrogen) atoms. The number of anilines is 2. The number of likely N-dealkylation sites (N-methyl/N-ethyl adjacent to an activating group) is 1. The Labute approximate surface area is 225 Å². The van der Waals surface area contributed by atoms with Crippen LogP contribution in [0.15, 0.2) is 55.1 Å². The molecule has 3 N–H and O–H groups in total. The second-order valence-electron chi connectivity index (χ2n) is 9.41. The zero-order valence-electron chi connectivity index (χ0n) is 21.8. The summed E-state index contributed by atoms with van der Waals surface area (Å²) in [7, 11) is 2.03. The van der Waals surface area contributed by atoms with Crippen LogP contribution in [0.3, 0.4) is 0 Å². The zero-order chi connectivity index (χ0) is 26.8. The molecule has 4 aromatic rings. The molecule has 1 aliphatic rings. The number of benzene rings is 2. The quantitative estimate of drug-likeness (QED) is 0.275. The van der Waals surface area contributed by atoms with Gasteiger partial charge in [-0.3, -0.25) is 9.59 Å². The summed E-state index contributed by atoms with van der Waals surface area (Å²) >= 11 is 1.49. The molecule has 9 heteroatoms. The second kappa shape index (κ2) is 10.8. The Morgan fingerprint density at radius 3 is 2.92 bits per heavy atom. The number of hydrogen-bond donors (Lipinski definition) is 3. The first-order valence-corrected chi connectivity index (χ1v) is 13.5. The molecule has 3 heterocycles. The minimum atomic E-state index is -0.310. The third-order valence-corrected chi connectivity index (χ3v) is 7.83. The van der Waals surface area contributed by atoms with E-state index < -0.39 is 0 Å². The molecular weight excluding hydrogens is 498 g/mol. The highest BCUT2D eigenvalue weighted by Gasteiger charge is 2.24. The summed E-state index contributed by atoms with van der Waals surface area (Å²) in [4.78, 5) is 32.7. The van der Waals surface area contributed by atoms with Crippen molar-refractivity contribution in [3.8, 4) is 17.0 Å². The predicted molar refractivity (Wildman–Crippen MR) is 155 cm³/mol. The van der Waals surface area contributed by atoms with Gasteiger partial charge in [0.25, 0.3) is 5.91 Å². The van der Waals surface area contributed by atoms with E-state index in [-0.39, 0.29) is 17.9 Å². The number of rotatable bonds is 8. The number of nitrogens with zero attached hydrogens (tertiary/aromatic N) is 2. The average molecular weight is 530 g/mol. The highest BCUT2D eigenvalue weighted by atomic mass is 32.1. The van der Waals surface area contributed by atoms with E-state index in [1.54, 1.807) is 0 Å². The van der Waals surface area contributed by atoms with Gasteiger partial charge >= 0.3 is 0 Å². The lowest BCUT2D eigenvalue weighted by Gasteiger charge is -2.17. The molecule has 2 aromatic carbocycles. The minimum Gasteiger partial charge on any atom is -0.490 e. The van der Waals surface area contributed by atoms with Gasteiger partial charge in [-0.05, 0) is 69.1 Å². The first-order valence-electron chi connectivity index (χ1n) is 12.7. The van der Waals surface area contributed by atoms with Gasteiger partial charge in [0, 0.05) is 40.2 Å².